The molecule has 0 aliphatic carbocycles. The minimum absolute atomic E-state index is 0.0102. The van der Waals surface area contributed by atoms with E-state index in [0.717, 1.165) is 18.6 Å². The second-order valence-electron chi connectivity index (χ2n) is 12.3. The van der Waals surface area contributed by atoms with Gasteiger partial charge in [-0.05, 0) is 60.0 Å². The highest BCUT2D eigenvalue weighted by Gasteiger charge is 2.24. The number of allylic oxidation sites excluding steroid dienone is 1. The summed E-state index contributed by atoms with van der Waals surface area (Å²) in [5.41, 5.74) is 8.94. The van der Waals surface area contributed by atoms with Crippen molar-refractivity contribution in [1.29, 1.82) is 0 Å². The fourth-order valence-electron chi connectivity index (χ4n) is 5.83. The fourth-order valence-corrected chi connectivity index (χ4v) is 5.83. The first kappa shape index (κ1) is 33.9. The minimum atomic E-state index is -0.687. The summed E-state index contributed by atoms with van der Waals surface area (Å²) < 4.78 is 69.6. The first-order valence-corrected chi connectivity index (χ1v) is 16.4. The van der Waals surface area contributed by atoms with Gasteiger partial charge in [-0.2, -0.15) is 0 Å². The van der Waals surface area contributed by atoms with Crippen LogP contribution in [-0.4, -0.2) is 65.8 Å². The number of hydrogen-bond acceptors (Lipinski definition) is 9. The van der Waals surface area contributed by atoms with Crippen molar-refractivity contribution in [3.63, 3.8) is 0 Å². The Hall–Kier alpha value is -5.53. The van der Waals surface area contributed by atoms with Crippen LogP contribution in [0.1, 0.15) is 39.3 Å². The number of pyridine rings is 1. The number of nitrogens with two attached hydrogens (primary N) is 1. The second kappa shape index (κ2) is 14.8. The monoisotopic (exact) mass is 697 g/mol. The average molecular weight is 698 g/mol. The Morgan fingerprint density at radius 1 is 1.00 bits per heavy atom. The molecule has 0 amide bonds. The Labute approximate surface area is 291 Å². The molecule has 262 valence electrons. The van der Waals surface area contributed by atoms with Crippen LogP contribution in [0.2, 0.25) is 0 Å². The van der Waals surface area contributed by atoms with Crippen molar-refractivity contribution in [2.75, 3.05) is 26.9 Å². The molecule has 10 nitrogen and oxygen atoms in total. The van der Waals surface area contributed by atoms with Crippen LogP contribution in [0.3, 0.4) is 0 Å². The number of hydrogen-bond donors (Lipinski definition) is 1. The number of halogens is 3. The molecule has 0 bridgehead atoms. The third-order valence-electron chi connectivity index (χ3n) is 8.90. The second-order valence-corrected chi connectivity index (χ2v) is 12.3. The molecule has 2 aliphatic heterocycles. The Kier molecular flexibility index (Phi) is 9.82. The van der Waals surface area contributed by atoms with E-state index in [2.05, 4.69) is 9.98 Å². The van der Waals surface area contributed by atoms with Crippen LogP contribution in [0, 0.1) is 17.5 Å². The maximum Gasteiger partial charge on any atom is 0.337 e. The van der Waals surface area contributed by atoms with E-state index in [4.69, 9.17) is 29.7 Å². The molecular formula is C38H34F3N5O5. The number of aliphatic imine (C=N–C) groups is 1. The Morgan fingerprint density at radius 2 is 1.80 bits per heavy atom. The summed E-state index contributed by atoms with van der Waals surface area (Å²) in [6.07, 6.45) is 3.76. The van der Waals surface area contributed by atoms with Crippen LogP contribution in [0.25, 0.3) is 27.9 Å². The molecule has 2 saturated heterocycles. The molecule has 4 heterocycles. The molecule has 1 atom stereocenters. The molecule has 2 aliphatic rings. The molecule has 2 aromatic heterocycles. The van der Waals surface area contributed by atoms with E-state index in [-0.39, 0.29) is 53.4 Å². The molecule has 0 radical (unpaired) electrons. The largest absolute Gasteiger partial charge is 0.473 e. The maximum absolute atomic E-state index is 15.7. The Bertz CT molecular complexity index is 2160. The van der Waals surface area contributed by atoms with Crippen molar-refractivity contribution in [3.8, 4) is 17.1 Å². The summed E-state index contributed by atoms with van der Waals surface area (Å²) in [6, 6.07) is 16.6. The van der Waals surface area contributed by atoms with Gasteiger partial charge in [0.05, 0.1) is 61.3 Å². The third-order valence-corrected chi connectivity index (χ3v) is 8.90. The SMILES string of the molecule is COC(=O)c1ccc2nc(Cc3cc(F)c(-c4cccc(OCc5ccc(/C(C=NC6COC6)=C/N)cc5F)n4)cc3F)n(C[C@@H]3CCO3)c2c1. The lowest BCUT2D eigenvalue weighted by Crippen LogP contribution is -2.31. The summed E-state index contributed by atoms with van der Waals surface area (Å²) in [5.74, 6) is -1.73. The topological polar surface area (TPSA) is 123 Å². The molecule has 5 aromatic rings. The molecule has 13 heteroatoms. The first-order valence-electron chi connectivity index (χ1n) is 16.4. The summed E-state index contributed by atoms with van der Waals surface area (Å²) in [6.45, 7) is 2.03. The fraction of sp³-hybridized carbons (Fsp3) is 0.263. The lowest BCUT2D eigenvalue weighted by molar-refractivity contribution is -0.0589. The number of esters is 1. The minimum Gasteiger partial charge on any atom is -0.473 e. The van der Waals surface area contributed by atoms with E-state index in [1.165, 1.54) is 25.4 Å². The highest BCUT2D eigenvalue weighted by molar-refractivity contribution is 6.09. The van der Waals surface area contributed by atoms with Gasteiger partial charge in [0.15, 0.2) is 0 Å². The van der Waals surface area contributed by atoms with Gasteiger partial charge < -0.3 is 29.2 Å². The molecule has 51 heavy (non-hydrogen) atoms. The Balaban J connectivity index is 1.08. The number of fused-ring (bicyclic) bond motifs is 1. The summed E-state index contributed by atoms with van der Waals surface area (Å²) in [5, 5.41) is 0. The zero-order valence-electron chi connectivity index (χ0n) is 27.7. The first-order chi connectivity index (χ1) is 24.8. The third kappa shape index (κ3) is 7.35. The van der Waals surface area contributed by atoms with Crippen LogP contribution < -0.4 is 10.5 Å². The van der Waals surface area contributed by atoms with Gasteiger partial charge in [-0.3, -0.25) is 4.99 Å². The normalized spacial score (nSPS) is 16.3. The van der Waals surface area contributed by atoms with Gasteiger partial charge in [-0.15, -0.1) is 0 Å². The van der Waals surface area contributed by atoms with E-state index in [1.54, 1.807) is 48.7 Å². The molecule has 0 saturated carbocycles. The lowest BCUT2D eigenvalue weighted by atomic mass is 10.0. The van der Waals surface area contributed by atoms with E-state index in [1.807, 2.05) is 4.57 Å². The number of ether oxygens (including phenoxy) is 4. The standard InChI is InChI=1S/C38H34F3N5O5/c1-48-38(47)23-7-8-34-35(13-23)46(18-28-9-10-50-28)36(44-34)14-25-12-32(41)29(15-31(25)40)33-3-2-4-37(45-33)51-19-24-6-5-22(11-30(24)39)26(16-42)17-43-27-20-49-21-27/h2-8,11-13,15-17,27-28H,9-10,14,18-21,42H2,1H3/b26-16+,43-17?/t28-/m0/s1. The van der Waals surface area contributed by atoms with E-state index in [0.29, 0.717) is 59.9 Å². The van der Waals surface area contributed by atoms with Crippen molar-refractivity contribution in [2.24, 2.45) is 10.7 Å². The van der Waals surface area contributed by atoms with E-state index >= 15 is 13.2 Å². The molecule has 2 N–H and O–H groups in total. The van der Waals surface area contributed by atoms with E-state index < -0.39 is 23.4 Å². The van der Waals surface area contributed by atoms with Gasteiger partial charge >= 0.3 is 5.97 Å². The van der Waals surface area contributed by atoms with Crippen molar-refractivity contribution in [1.82, 2.24) is 14.5 Å². The van der Waals surface area contributed by atoms with Crippen molar-refractivity contribution >= 4 is 28.8 Å². The number of benzene rings is 3. The van der Waals surface area contributed by atoms with Crippen molar-refractivity contribution < 1.29 is 36.9 Å². The summed E-state index contributed by atoms with van der Waals surface area (Å²) >= 11 is 0. The number of carbonyl (C=O) groups excluding carboxylic acids is 1. The number of carbonyl (C=O) groups is 1. The number of aromatic nitrogens is 3. The summed E-state index contributed by atoms with van der Waals surface area (Å²) in [4.78, 5) is 25.6. The van der Waals surface area contributed by atoms with Gasteiger partial charge in [0.1, 0.15) is 29.9 Å². The smallest absolute Gasteiger partial charge is 0.337 e. The van der Waals surface area contributed by atoms with Crippen LogP contribution in [0.4, 0.5) is 13.2 Å². The zero-order valence-corrected chi connectivity index (χ0v) is 27.7. The molecule has 7 rings (SSSR count). The predicted molar refractivity (Wildman–Crippen MR) is 184 cm³/mol. The quantitative estimate of drug-likeness (QED) is 0.124. The lowest BCUT2D eigenvalue weighted by Gasteiger charge is -2.27. The van der Waals surface area contributed by atoms with Gasteiger partial charge in [-0.1, -0.05) is 18.2 Å². The number of methoxy groups -OCH3 is 1. The van der Waals surface area contributed by atoms with Gasteiger partial charge in [0.2, 0.25) is 5.88 Å². The summed E-state index contributed by atoms with van der Waals surface area (Å²) in [7, 11) is 1.31. The highest BCUT2D eigenvalue weighted by atomic mass is 19.1. The van der Waals surface area contributed by atoms with E-state index in [9.17, 15) is 4.79 Å². The zero-order chi connectivity index (χ0) is 35.5. The maximum atomic E-state index is 15.7. The highest BCUT2D eigenvalue weighted by Crippen LogP contribution is 2.29. The molecular weight excluding hydrogens is 663 g/mol. The van der Waals surface area contributed by atoms with Gasteiger partial charge in [0.25, 0.3) is 0 Å². The number of nitrogens with zero attached hydrogens (tertiary/aromatic N) is 4. The van der Waals surface area contributed by atoms with Crippen LogP contribution in [0.15, 0.2) is 77.9 Å². The number of rotatable bonds is 12. The molecule has 2 fully saturated rings. The average Bonchev–Trinajstić information content (AvgIpc) is 3.43. The van der Waals surface area contributed by atoms with Crippen molar-refractivity contribution in [3.05, 3.63) is 118 Å². The molecule has 0 spiro atoms. The Morgan fingerprint density at radius 3 is 2.51 bits per heavy atom. The molecule has 3 aromatic carbocycles. The van der Waals surface area contributed by atoms with Gasteiger partial charge in [0, 0.05) is 48.2 Å². The van der Waals surface area contributed by atoms with Crippen LogP contribution in [-0.2, 0) is 33.8 Å². The van der Waals surface area contributed by atoms with Crippen LogP contribution in [0.5, 0.6) is 5.88 Å². The molecule has 0 unspecified atom stereocenters. The van der Waals surface area contributed by atoms with Crippen LogP contribution >= 0.6 is 0 Å². The predicted octanol–water partition coefficient (Wildman–Crippen LogP) is 6.03. The number of imidazole rings is 1. The van der Waals surface area contributed by atoms with Gasteiger partial charge in [-0.25, -0.2) is 27.9 Å². The van der Waals surface area contributed by atoms with Crippen molar-refractivity contribution in [2.45, 2.75) is 38.1 Å².